The maximum atomic E-state index is 14.0. The topological polar surface area (TPSA) is 188 Å². The number of rotatable bonds is 13. The fourth-order valence-electron chi connectivity index (χ4n) is 6.20. The van der Waals surface area contributed by atoms with Crippen molar-refractivity contribution in [3.63, 3.8) is 0 Å². The molecule has 3 aromatic carbocycles. The number of carbonyl (C=O) groups excluding carboxylic acids is 3. The minimum Gasteiger partial charge on any atom is -0.479 e. The van der Waals surface area contributed by atoms with Crippen LogP contribution in [0.5, 0.6) is 0 Å². The van der Waals surface area contributed by atoms with Gasteiger partial charge in [-0.25, -0.2) is 27.6 Å². The summed E-state index contributed by atoms with van der Waals surface area (Å²) in [7, 11) is -0.120. The third kappa shape index (κ3) is 10.8. The Morgan fingerprint density at radius 3 is 2.17 bits per heavy atom. The number of nitrogens with zero attached hydrogens (tertiary/aromatic N) is 4. The van der Waals surface area contributed by atoms with Crippen molar-refractivity contribution in [2.45, 2.75) is 94.7 Å². The van der Waals surface area contributed by atoms with Crippen molar-refractivity contribution in [2.75, 3.05) is 31.0 Å². The second kappa shape index (κ2) is 17.4. The molecule has 1 aromatic heterocycles. The van der Waals surface area contributed by atoms with Crippen molar-refractivity contribution in [1.29, 1.82) is 0 Å². The molecule has 5 rings (SSSR count). The molecule has 0 aliphatic heterocycles. The zero-order valence-corrected chi connectivity index (χ0v) is 34.9. The van der Waals surface area contributed by atoms with Gasteiger partial charge in [-0.15, -0.1) is 5.01 Å². The van der Waals surface area contributed by atoms with Crippen molar-refractivity contribution in [3.05, 3.63) is 95.8 Å². The van der Waals surface area contributed by atoms with E-state index in [1.807, 2.05) is 0 Å². The minimum absolute atomic E-state index is 0.181. The fraction of sp³-hybridized carbons (Fsp3) is 0.405. The van der Waals surface area contributed by atoms with Crippen LogP contribution in [0.2, 0.25) is 0 Å². The molecule has 58 heavy (non-hydrogen) atoms. The molecule has 1 saturated carbocycles. The lowest BCUT2D eigenvalue weighted by atomic mass is 10.0. The van der Waals surface area contributed by atoms with Crippen LogP contribution in [-0.2, 0) is 37.1 Å². The number of hydrogen-bond acceptors (Lipinski definition) is 11. The summed E-state index contributed by atoms with van der Waals surface area (Å²) in [6, 6.07) is 16.0. The van der Waals surface area contributed by atoms with Gasteiger partial charge in [-0.05, 0) is 126 Å². The molecule has 3 N–H and O–H groups in total. The summed E-state index contributed by atoms with van der Waals surface area (Å²) >= 11 is 0. The number of anilines is 2. The van der Waals surface area contributed by atoms with Crippen LogP contribution in [0, 0.1) is 0 Å². The van der Waals surface area contributed by atoms with Gasteiger partial charge in [-0.2, -0.15) is 0 Å². The highest BCUT2D eigenvalue weighted by molar-refractivity contribution is 7.92. The van der Waals surface area contributed by atoms with Gasteiger partial charge >= 0.3 is 24.2 Å². The second-order valence-electron chi connectivity index (χ2n) is 16.2. The first kappa shape index (κ1) is 43.4. The Balaban J connectivity index is 1.45. The number of sulfone groups is 1. The molecule has 310 valence electrons. The van der Waals surface area contributed by atoms with Gasteiger partial charge in [0.1, 0.15) is 11.2 Å². The normalized spacial score (nSPS) is 13.7. The van der Waals surface area contributed by atoms with Gasteiger partial charge in [0.2, 0.25) is 0 Å². The number of benzene rings is 3. The number of hydrazine groups is 1. The van der Waals surface area contributed by atoms with Crippen LogP contribution in [0.15, 0.2) is 84.0 Å². The molecule has 1 aliphatic carbocycles. The van der Waals surface area contributed by atoms with Gasteiger partial charge in [-0.3, -0.25) is 9.99 Å². The number of nitrogens with one attached hydrogen (secondary N) is 2. The first-order valence-corrected chi connectivity index (χ1v) is 20.5. The van der Waals surface area contributed by atoms with Crippen molar-refractivity contribution in [1.82, 2.24) is 20.2 Å². The van der Waals surface area contributed by atoms with E-state index in [1.54, 1.807) is 129 Å². The lowest BCUT2D eigenvalue weighted by molar-refractivity contribution is -0.139. The molecule has 1 atom stereocenters. The summed E-state index contributed by atoms with van der Waals surface area (Å²) in [4.78, 5) is 60.6. The lowest BCUT2D eigenvalue weighted by Gasteiger charge is -2.39. The largest absolute Gasteiger partial charge is 0.479 e. The Hall–Kier alpha value is -5.74. The lowest BCUT2D eigenvalue weighted by Crippen LogP contribution is -2.56. The molecule has 15 nitrogen and oxygen atoms in total. The van der Waals surface area contributed by atoms with E-state index in [0.717, 1.165) is 10.4 Å². The molecule has 16 heteroatoms. The van der Waals surface area contributed by atoms with Gasteiger partial charge in [0.15, 0.2) is 15.9 Å². The number of hydrogen-bond donors (Lipinski definition) is 3. The number of likely N-dealkylation sites (N-methyl/N-ethyl adjacent to an activating group) is 1. The number of fused-ring (bicyclic) bond motifs is 1. The average molecular weight is 817 g/mol. The molecule has 1 fully saturated rings. The summed E-state index contributed by atoms with van der Waals surface area (Å²) in [6.45, 7) is 10.3. The average Bonchev–Trinajstić information content (AvgIpc) is 3.99. The van der Waals surface area contributed by atoms with Crippen molar-refractivity contribution < 1.29 is 42.2 Å². The summed E-state index contributed by atoms with van der Waals surface area (Å²) in [5.41, 5.74) is -0.0593. The van der Waals surface area contributed by atoms with Crippen LogP contribution in [-0.4, -0.2) is 89.7 Å². The number of aromatic nitrogens is 1. The third-order valence-electron chi connectivity index (χ3n) is 9.01. The quantitative estimate of drug-likeness (QED) is 0.114. The first-order chi connectivity index (χ1) is 27.2. The second-order valence-corrected chi connectivity index (χ2v) is 18.4. The summed E-state index contributed by atoms with van der Waals surface area (Å²) in [5, 5.41) is 19.5. The first-order valence-electron chi connectivity index (χ1n) is 18.9. The number of pyridine rings is 1. The molecule has 4 amide bonds. The summed E-state index contributed by atoms with van der Waals surface area (Å²) in [6.07, 6.45) is 2.50. The zero-order chi connectivity index (χ0) is 42.6. The smallest absolute Gasteiger partial charge is 0.439 e. The highest BCUT2D eigenvalue weighted by Gasteiger charge is 2.43. The number of amides is 4. The molecular formula is C42H52N6O9S. The Labute approximate surface area is 339 Å². The Bertz CT molecular complexity index is 2250. The van der Waals surface area contributed by atoms with Gasteiger partial charge < -0.3 is 30.1 Å². The minimum atomic E-state index is -3.45. The van der Waals surface area contributed by atoms with E-state index in [0.29, 0.717) is 53.0 Å². The van der Waals surface area contributed by atoms with Crippen LogP contribution in [0.25, 0.3) is 10.8 Å². The van der Waals surface area contributed by atoms with E-state index in [4.69, 9.17) is 9.47 Å². The van der Waals surface area contributed by atoms with Gasteiger partial charge in [0.05, 0.1) is 15.8 Å². The molecule has 0 radical (unpaired) electrons. The summed E-state index contributed by atoms with van der Waals surface area (Å²) in [5.74, 6) is -1.38. The Kier molecular flexibility index (Phi) is 13.0. The van der Waals surface area contributed by atoms with Crippen molar-refractivity contribution in [3.8, 4) is 0 Å². The molecule has 0 bridgehead atoms. The monoisotopic (exact) mass is 816 g/mol. The number of carbonyl (C=O) groups is 4. The standard InChI is InChI=1S/C42H52N6O9S/c1-41(2,3)56-39(52)48(40(53)57-42(4,5)6)47(33-14-12-30-26-44-20-18-28(30)24-33)36(37(49)50)29-11-9-10-27(22-29)19-21-46(8)38(51)45-32-13-17-35(31(23-32)25-43-7)58(54,55)34-15-16-34/h9-14,17-18,20,22-24,26,34,36,43H,15-16,19,21,25H2,1-8H3,(H,45,51)(H,49,50). The summed E-state index contributed by atoms with van der Waals surface area (Å²) < 4.78 is 37.3. The SMILES string of the molecule is CNCc1cc(NC(=O)N(C)CCc2cccc(C(C(=O)O)N(c3ccc4cnccc4c3)N(C(=O)OC(C)(C)C)C(=O)OC(C)(C)C)c2)ccc1S(=O)(=O)C1CC1. The molecule has 4 aromatic rings. The molecular weight excluding hydrogens is 765 g/mol. The maximum absolute atomic E-state index is 14.0. The van der Waals surface area contributed by atoms with Crippen LogP contribution in [0.3, 0.4) is 0 Å². The molecule has 1 unspecified atom stereocenters. The number of carboxylic acid groups (broad SMARTS) is 1. The van der Waals surface area contributed by atoms with Gasteiger partial charge in [0, 0.05) is 43.6 Å². The van der Waals surface area contributed by atoms with E-state index < -0.39 is 51.3 Å². The number of aliphatic carboxylic acids is 1. The number of carboxylic acids is 1. The van der Waals surface area contributed by atoms with Crippen LogP contribution in [0.1, 0.15) is 77.1 Å². The predicted octanol–water partition coefficient (Wildman–Crippen LogP) is 7.32. The van der Waals surface area contributed by atoms with E-state index in [2.05, 4.69) is 15.6 Å². The van der Waals surface area contributed by atoms with Crippen molar-refractivity contribution >= 4 is 56.2 Å². The van der Waals surface area contributed by atoms with E-state index >= 15 is 0 Å². The van der Waals surface area contributed by atoms with E-state index in [1.165, 1.54) is 11.0 Å². The van der Waals surface area contributed by atoms with Gasteiger partial charge in [0.25, 0.3) is 0 Å². The number of imide groups is 1. The van der Waals surface area contributed by atoms with Crippen molar-refractivity contribution in [2.24, 2.45) is 0 Å². The van der Waals surface area contributed by atoms with E-state index in [9.17, 15) is 32.7 Å². The number of urea groups is 1. The number of ether oxygens (including phenoxy) is 2. The molecule has 0 saturated heterocycles. The molecule has 0 spiro atoms. The zero-order valence-electron chi connectivity index (χ0n) is 34.1. The Morgan fingerprint density at radius 2 is 1.57 bits per heavy atom. The highest BCUT2D eigenvalue weighted by atomic mass is 32.2. The molecule has 1 aliphatic rings. The highest BCUT2D eigenvalue weighted by Crippen LogP contribution is 2.36. The maximum Gasteiger partial charge on any atom is 0.439 e. The fourth-order valence-corrected chi connectivity index (χ4v) is 8.07. The van der Waals surface area contributed by atoms with Crippen LogP contribution in [0.4, 0.5) is 25.8 Å². The Morgan fingerprint density at radius 1 is 0.897 bits per heavy atom. The van der Waals surface area contributed by atoms with Crippen LogP contribution < -0.4 is 15.6 Å². The van der Waals surface area contributed by atoms with Crippen LogP contribution >= 0.6 is 0 Å². The predicted molar refractivity (Wildman–Crippen MR) is 220 cm³/mol. The molecule has 1 heterocycles. The third-order valence-corrected chi connectivity index (χ3v) is 11.4. The van der Waals surface area contributed by atoms with Gasteiger partial charge in [-0.1, -0.05) is 30.3 Å². The van der Waals surface area contributed by atoms with E-state index in [-0.39, 0.29) is 27.9 Å².